The van der Waals surface area contributed by atoms with Crippen molar-refractivity contribution in [1.29, 1.82) is 5.26 Å². The maximum absolute atomic E-state index is 9.87. The third kappa shape index (κ3) is 5.97. The molecule has 35 heavy (non-hydrogen) atoms. The Morgan fingerprint density at radius 1 is 1.20 bits per heavy atom. The molecule has 1 heterocycles. The predicted octanol–water partition coefficient (Wildman–Crippen LogP) is 8.26. The number of nitriles is 1. The lowest BCUT2D eigenvalue weighted by molar-refractivity contribution is 0.218. The molecule has 0 amide bonds. The smallest absolute Gasteiger partial charge is 0.175 e. The summed E-state index contributed by atoms with van der Waals surface area (Å²) in [6, 6.07) is 16.4. The molecule has 1 atom stereocenters. The molecule has 0 bridgehead atoms. The number of hydrogen-bond acceptors (Lipinski definition) is 5. The van der Waals surface area contributed by atoms with Gasteiger partial charge in [-0.1, -0.05) is 51.1 Å². The SMILES string of the molecule is CCOc1cc(C=Nc2sc3c(c2C#N)CC[C@@H](C(C)(C)C)C3)cc(Br)c1OCc1ccccc1. The van der Waals surface area contributed by atoms with Crippen LogP contribution in [0.2, 0.25) is 0 Å². The van der Waals surface area contributed by atoms with Crippen LogP contribution < -0.4 is 9.47 Å². The van der Waals surface area contributed by atoms with E-state index in [1.807, 2.05) is 55.6 Å². The maximum atomic E-state index is 9.87. The highest BCUT2D eigenvalue weighted by Crippen LogP contribution is 2.45. The first kappa shape index (κ1) is 25.5. The third-order valence-electron chi connectivity index (χ3n) is 6.47. The number of thiophene rings is 1. The average Bonchev–Trinajstić information content (AvgIpc) is 3.19. The standard InChI is InChI=1S/C29H31BrN2O2S/c1-5-33-25-14-20(13-24(30)27(25)34-18-19-9-7-6-8-10-19)17-32-28-23(16-31)22-12-11-21(29(2,3)4)15-26(22)35-28/h6-10,13-14,17,21H,5,11-12,15,18H2,1-4H3/t21-/m1/s1. The second kappa shape index (κ2) is 11.0. The van der Waals surface area contributed by atoms with Gasteiger partial charge in [-0.2, -0.15) is 5.26 Å². The van der Waals surface area contributed by atoms with Gasteiger partial charge in [0.1, 0.15) is 17.7 Å². The highest BCUT2D eigenvalue weighted by Gasteiger charge is 2.32. The van der Waals surface area contributed by atoms with Crippen molar-refractivity contribution in [1.82, 2.24) is 0 Å². The zero-order chi connectivity index (χ0) is 25.0. The summed E-state index contributed by atoms with van der Waals surface area (Å²) < 4.78 is 12.8. The first-order chi connectivity index (χ1) is 16.8. The van der Waals surface area contributed by atoms with Gasteiger partial charge >= 0.3 is 0 Å². The third-order valence-corrected chi connectivity index (χ3v) is 8.22. The molecule has 0 fully saturated rings. The summed E-state index contributed by atoms with van der Waals surface area (Å²) in [6.45, 7) is 9.86. The maximum Gasteiger partial charge on any atom is 0.175 e. The molecule has 0 aliphatic heterocycles. The van der Waals surface area contributed by atoms with E-state index in [0.29, 0.717) is 30.6 Å². The van der Waals surface area contributed by atoms with Gasteiger partial charge in [0.05, 0.1) is 16.6 Å². The van der Waals surface area contributed by atoms with Crippen LogP contribution in [0.3, 0.4) is 0 Å². The Labute approximate surface area is 220 Å². The van der Waals surface area contributed by atoms with Gasteiger partial charge in [-0.25, -0.2) is 4.99 Å². The summed E-state index contributed by atoms with van der Waals surface area (Å²) >= 11 is 5.32. The van der Waals surface area contributed by atoms with Crippen molar-refractivity contribution in [2.45, 2.75) is 53.6 Å². The molecule has 2 aromatic carbocycles. The van der Waals surface area contributed by atoms with E-state index in [0.717, 1.165) is 45.4 Å². The second-order valence-electron chi connectivity index (χ2n) is 9.90. The van der Waals surface area contributed by atoms with Crippen molar-refractivity contribution in [2.24, 2.45) is 16.3 Å². The molecular formula is C29H31BrN2O2S. The molecule has 3 aromatic rings. The molecule has 0 spiro atoms. The normalized spacial score (nSPS) is 15.6. The molecule has 0 radical (unpaired) electrons. The lowest BCUT2D eigenvalue weighted by atomic mass is 9.72. The lowest BCUT2D eigenvalue weighted by Gasteiger charge is -2.33. The zero-order valence-corrected chi connectivity index (χ0v) is 23.1. The number of nitrogens with zero attached hydrogens (tertiary/aromatic N) is 2. The van der Waals surface area contributed by atoms with E-state index < -0.39 is 0 Å². The van der Waals surface area contributed by atoms with Gasteiger partial charge in [0.2, 0.25) is 0 Å². The minimum atomic E-state index is 0.268. The lowest BCUT2D eigenvalue weighted by Crippen LogP contribution is -2.26. The van der Waals surface area contributed by atoms with E-state index in [2.05, 4.69) is 42.8 Å². The van der Waals surface area contributed by atoms with E-state index in [-0.39, 0.29) is 5.41 Å². The molecule has 182 valence electrons. The number of halogens is 1. The zero-order valence-electron chi connectivity index (χ0n) is 20.7. The molecule has 4 rings (SSSR count). The Bertz CT molecular complexity index is 1250. The molecule has 0 unspecified atom stereocenters. The van der Waals surface area contributed by atoms with Crippen molar-refractivity contribution in [3.8, 4) is 17.6 Å². The first-order valence-electron chi connectivity index (χ1n) is 12.0. The highest BCUT2D eigenvalue weighted by molar-refractivity contribution is 9.10. The van der Waals surface area contributed by atoms with Crippen LogP contribution in [0.15, 0.2) is 51.9 Å². The number of benzene rings is 2. The van der Waals surface area contributed by atoms with Gasteiger partial charge in [-0.05, 0) is 82.3 Å². The van der Waals surface area contributed by atoms with Crippen LogP contribution in [0.25, 0.3) is 0 Å². The van der Waals surface area contributed by atoms with Crippen molar-refractivity contribution in [3.05, 3.63) is 74.1 Å². The van der Waals surface area contributed by atoms with E-state index in [4.69, 9.17) is 14.5 Å². The largest absolute Gasteiger partial charge is 0.490 e. The number of aliphatic imine (C=N–C) groups is 1. The summed E-state index contributed by atoms with van der Waals surface area (Å²) in [5.41, 5.74) is 4.18. The number of rotatable bonds is 7. The minimum Gasteiger partial charge on any atom is -0.490 e. The Morgan fingerprint density at radius 2 is 1.97 bits per heavy atom. The Kier molecular flexibility index (Phi) is 7.98. The molecule has 6 heteroatoms. The average molecular weight is 552 g/mol. The van der Waals surface area contributed by atoms with E-state index in [9.17, 15) is 5.26 Å². The quantitative estimate of drug-likeness (QED) is 0.278. The van der Waals surface area contributed by atoms with Crippen LogP contribution in [0.4, 0.5) is 5.00 Å². The van der Waals surface area contributed by atoms with Gasteiger partial charge < -0.3 is 9.47 Å². The summed E-state index contributed by atoms with van der Waals surface area (Å²) in [5, 5.41) is 10.7. The van der Waals surface area contributed by atoms with Crippen molar-refractivity contribution < 1.29 is 9.47 Å². The number of hydrogen-bond donors (Lipinski definition) is 0. The van der Waals surface area contributed by atoms with Crippen molar-refractivity contribution in [3.63, 3.8) is 0 Å². The summed E-state index contributed by atoms with van der Waals surface area (Å²) in [7, 11) is 0. The molecule has 0 saturated heterocycles. The highest BCUT2D eigenvalue weighted by atomic mass is 79.9. The monoisotopic (exact) mass is 550 g/mol. The molecule has 1 aromatic heterocycles. The van der Waals surface area contributed by atoms with Crippen LogP contribution in [0.5, 0.6) is 11.5 Å². The van der Waals surface area contributed by atoms with E-state index >= 15 is 0 Å². The number of fused-ring (bicyclic) bond motifs is 1. The fraction of sp³-hybridized carbons (Fsp3) is 0.379. The predicted molar refractivity (Wildman–Crippen MR) is 147 cm³/mol. The fourth-order valence-electron chi connectivity index (χ4n) is 4.45. The van der Waals surface area contributed by atoms with Gasteiger partial charge in [-0.15, -0.1) is 11.3 Å². The number of ether oxygens (including phenoxy) is 2. The Morgan fingerprint density at radius 3 is 2.66 bits per heavy atom. The first-order valence-corrected chi connectivity index (χ1v) is 13.6. The Hall–Kier alpha value is -2.62. The van der Waals surface area contributed by atoms with Crippen molar-refractivity contribution in [2.75, 3.05) is 6.61 Å². The minimum absolute atomic E-state index is 0.268. The second-order valence-corrected chi connectivity index (χ2v) is 11.8. The fourth-order valence-corrected chi connectivity index (χ4v) is 6.24. The van der Waals surface area contributed by atoms with Crippen LogP contribution in [-0.2, 0) is 19.4 Å². The van der Waals surface area contributed by atoms with Crippen molar-refractivity contribution >= 4 is 38.5 Å². The molecule has 4 nitrogen and oxygen atoms in total. The van der Waals surface area contributed by atoms with Crippen LogP contribution in [0.1, 0.15) is 61.2 Å². The van der Waals surface area contributed by atoms with E-state index in [1.54, 1.807) is 11.3 Å². The van der Waals surface area contributed by atoms with Crippen LogP contribution >= 0.6 is 27.3 Å². The summed E-state index contributed by atoms with van der Waals surface area (Å²) in [6.07, 6.45) is 4.93. The van der Waals surface area contributed by atoms with Gasteiger partial charge in [-0.3, -0.25) is 0 Å². The van der Waals surface area contributed by atoms with Gasteiger partial charge in [0, 0.05) is 11.1 Å². The molecule has 1 aliphatic rings. The van der Waals surface area contributed by atoms with Crippen LogP contribution in [0, 0.1) is 22.7 Å². The molecule has 0 saturated carbocycles. The van der Waals surface area contributed by atoms with Crippen LogP contribution in [-0.4, -0.2) is 12.8 Å². The summed E-state index contributed by atoms with van der Waals surface area (Å²) in [4.78, 5) is 6.08. The summed E-state index contributed by atoms with van der Waals surface area (Å²) in [5.74, 6) is 1.97. The van der Waals surface area contributed by atoms with Gasteiger partial charge in [0.25, 0.3) is 0 Å². The molecular weight excluding hydrogens is 520 g/mol. The Balaban J connectivity index is 1.58. The van der Waals surface area contributed by atoms with Gasteiger partial charge in [0.15, 0.2) is 11.5 Å². The topological polar surface area (TPSA) is 54.6 Å². The molecule has 0 N–H and O–H groups in total. The van der Waals surface area contributed by atoms with E-state index in [1.165, 1.54) is 10.4 Å². The molecule has 1 aliphatic carbocycles.